The van der Waals surface area contributed by atoms with E-state index in [-0.39, 0.29) is 5.78 Å². The summed E-state index contributed by atoms with van der Waals surface area (Å²) >= 11 is 1.68. The molecule has 0 heterocycles. The number of benzene rings is 3. The molecule has 0 bridgehead atoms. The average molecular weight is 292 g/mol. The van der Waals surface area contributed by atoms with Crippen LogP contribution in [0.5, 0.6) is 0 Å². The second kappa shape index (κ2) is 5.74. The Morgan fingerprint density at radius 3 is 2.33 bits per heavy atom. The summed E-state index contributed by atoms with van der Waals surface area (Å²) in [5.74, 6) is 0.0944. The van der Waals surface area contributed by atoms with Gasteiger partial charge >= 0.3 is 0 Å². The smallest absolute Gasteiger partial charge is 0.193 e. The van der Waals surface area contributed by atoms with Crippen LogP contribution in [0, 0.1) is 6.92 Å². The summed E-state index contributed by atoms with van der Waals surface area (Å²) in [6.45, 7) is 2.00. The molecule has 3 rings (SSSR count). The zero-order valence-electron chi connectivity index (χ0n) is 12.1. The number of carbonyl (C=O) groups excluding carboxylic acids is 1. The highest BCUT2D eigenvalue weighted by Crippen LogP contribution is 2.25. The predicted molar refractivity (Wildman–Crippen MR) is 90.3 cm³/mol. The quantitative estimate of drug-likeness (QED) is 0.493. The largest absolute Gasteiger partial charge is 0.289 e. The van der Waals surface area contributed by atoms with Crippen LogP contribution in [0.1, 0.15) is 21.5 Å². The van der Waals surface area contributed by atoms with Crippen molar-refractivity contribution < 1.29 is 4.79 Å². The maximum atomic E-state index is 12.9. The Hall–Kier alpha value is -2.06. The van der Waals surface area contributed by atoms with Crippen LogP contribution in [0.2, 0.25) is 0 Å². The van der Waals surface area contributed by atoms with Gasteiger partial charge in [0.25, 0.3) is 0 Å². The van der Waals surface area contributed by atoms with Gasteiger partial charge in [0, 0.05) is 16.0 Å². The first-order valence-corrected chi connectivity index (χ1v) is 8.10. The zero-order chi connectivity index (χ0) is 14.8. The maximum Gasteiger partial charge on any atom is 0.193 e. The Kier molecular flexibility index (Phi) is 3.80. The summed E-state index contributed by atoms with van der Waals surface area (Å²) in [7, 11) is 0. The van der Waals surface area contributed by atoms with Gasteiger partial charge in [-0.3, -0.25) is 4.79 Å². The van der Waals surface area contributed by atoms with Crippen molar-refractivity contribution in [1.82, 2.24) is 0 Å². The normalized spacial score (nSPS) is 10.8. The van der Waals surface area contributed by atoms with Gasteiger partial charge < -0.3 is 0 Å². The molecule has 104 valence electrons. The lowest BCUT2D eigenvalue weighted by Crippen LogP contribution is -2.04. The number of thioether (sulfide) groups is 1. The first-order chi connectivity index (χ1) is 10.2. The number of rotatable bonds is 3. The molecule has 3 aromatic carbocycles. The minimum atomic E-state index is 0.0944. The van der Waals surface area contributed by atoms with Crippen molar-refractivity contribution >= 4 is 28.3 Å². The number of aryl methyl sites for hydroxylation is 1. The molecule has 0 aliphatic rings. The lowest BCUT2D eigenvalue weighted by atomic mass is 9.93. The fourth-order valence-electron chi connectivity index (χ4n) is 2.57. The third-order valence-electron chi connectivity index (χ3n) is 3.72. The predicted octanol–water partition coefficient (Wildman–Crippen LogP) is 5.10. The molecule has 0 spiro atoms. The minimum absolute atomic E-state index is 0.0944. The van der Waals surface area contributed by atoms with Crippen molar-refractivity contribution in [2.24, 2.45) is 0 Å². The molecule has 21 heavy (non-hydrogen) atoms. The Morgan fingerprint density at radius 2 is 1.62 bits per heavy atom. The second-order valence-corrected chi connectivity index (χ2v) is 5.92. The van der Waals surface area contributed by atoms with Crippen molar-refractivity contribution in [3.63, 3.8) is 0 Å². The molecule has 0 amide bonds. The first kappa shape index (κ1) is 13.9. The molecule has 0 N–H and O–H groups in total. The Bertz CT molecular complexity index is 803. The van der Waals surface area contributed by atoms with Gasteiger partial charge in [0.15, 0.2) is 5.78 Å². The summed E-state index contributed by atoms with van der Waals surface area (Å²) in [5, 5.41) is 2.13. The van der Waals surface area contributed by atoms with E-state index in [9.17, 15) is 4.79 Å². The molecule has 0 aliphatic carbocycles. The zero-order valence-corrected chi connectivity index (χ0v) is 12.9. The molecule has 0 aliphatic heterocycles. The number of fused-ring (bicyclic) bond motifs is 1. The third kappa shape index (κ3) is 2.59. The van der Waals surface area contributed by atoms with Crippen LogP contribution in [-0.2, 0) is 0 Å². The topological polar surface area (TPSA) is 17.1 Å². The van der Waals surface area contributed by atoms with Gasteiger partial charge in [0.2, 0.25) is 0 Å². The molecule has 3 aromatic rings. The van der Waals surface area contributed by atoms with E-state index in [0.717, 1.165) is 27.5 Å². The van der Waals surface area contributed by atoms with Crippen LogP contribution in [0.3, 0.4) is 0 Å². The van der Waals surface area contributed by atoms with E-state index in [1.165, 1.54) is 4.90 Å². The average Bonchev–Trinajstić information content (AvgIpc) is 2.54. The molecule has 0 unspecified atom stereocenters. The fraction of sp³-hybridized carbons (Fsp3) is 0.105. The second-order valence-electron chi connectivity index (χ2n) is 5.04. The Labute approximate surface area is 129 Å². The standard InChI is InChI=1S/C19H16OS/c1-13-7-8-14-5-3-4-6-17(14)18(13)19(20)15-9-11-16(21-2)12-10-15/h3-12H,1-2H3. The lowest BCUT2D eigenvalue weighted by Gasteiger charge is -2.10. The van der Waals surface area contributed by atoms with Crippen molar-refractivity contribution in [2.45, 2.75) is 11.8 Å². The summed E-state index contributed by atoms with van der Waals surface area (Å²) in [6, 6.07) is 20.0. The Balaban J connectivity index is 2.14. The van der Waals surface area contributed by atoms with Gasteiger partial charge in [0.05, 0.1) is 0 Å². The molecular formula is C19H16OS. The summed E-state index contributed by atoms with van der Waals surface area (Å²) < 4.78 is 0. The summed E-state index contributed by atoms with van der Waals surface area (Å²) in [6.07, 6.45) is 2.03. The summed E-state index contributed by atoms with van der Waals surface area (Å²) in [5.41, 5.74) is 2.57. The van der Waals surface area contributed by atoms with Gasteiger partial charge in [0.1, 0.15) is 0 Å². The van der Waals surface area contributed by atoms with Crippen molar-refractivity contribution in [1.29, 1.82) is 0 Å². The van der Waals surface area contributed by atoms with Crippen molar-refractivity contribution in [3.8, 4) is 0 Å². The van der Waals surface area contributed by atoms with E-state index in [1.807, 2.05) is 67.8 Å². The Morgan fingerprint density at radius 1 is 0.905 bits per heavy atom. The third-order valence-corrected chi connectivity index (χ3v) is 4.46. The van der Waals surface area contributed by atoms with E-state index < -0.39 is 0 Å². The minimum Gasteiger partial charge on any atom is -0.289 e. The highest BCUT2D eigenvalue weighted by molar-refractivity contribution is 7.98. The van der Waals surface area contributed by atoms with Crippen LogP contribution in [0.4, 0.5) is 0 Å². The number of carbonyl (C=O) groups is 1. The SMILES string of the molecule is CSc1ccc(C(=O)c2c(C)ccc3ccccc23)cc1. The summed E-state index contributed by atoms with van der Waals surface area (Å²) in [4.78, 5) is 14.0. The van der Waals surface area contributed by atoms with Crippen LogP contribution >= 0.6 is 11.8 Å². The molecule has 0 saturated carbocycles. The van der Waals surface area contributed by atoms with Crippen molar-refractivity contribution in [3.05, 3.63) is 77.4 Å². The maximum absolute atomic E-state index is 12.9. The van der Waals surface area contributed by atoms with Crippen LogP contribution in [0.15, 0.2) is 65.6 Å². The fourth-order valence-corrected chi connectivity index (χ4v) is 2.98. The molecule has 0 radical (unpaired) electrons. The van der Waals surface area contributed by atoms with E-state index in [1.54, 1.807) is 11.8 Å². The number of hydrogen-bond donors (Lipinski definition) is 0. The first-order valence-electron chi connectivity index (χ1n) is 6.88. The molecule has 0 aromatic heterocycles. The van der Waals surface area contributed by atoms with Gasteiger partial charge in [-0.25, -0.2) is 0 Å². The number of ketones is 1. The molecule has 0 atom stereocenters. The molecule has 0 saturated heterocycles. The van der Waals surface area contributed by atoms with E-state index >= 15 is 0 Å². The van der Waals surface area contributed by atoms with Gasteiger partial charge in [-0.05, 0) is 53.8 Å². The highest BCUT2D eigenvalue weighted by Gasteiger charge is 2.15. The van der Waals surface area contributed by atoms with Crippen LogP contribution < -0.4 is 0 Å². The van der Waals surface area contributed by atoms with Gasteiger partial charge in [-0.2, -0.15) is 0 Å². The molecule has 2 heteroatoms. The van der Waals surface area contributed by atoms with Gasteiger partial charge in [-0.15, -0.1) is 11.8 Å². The van der Waals surface area contributed by atoms with Crippen LogP contribution in [-0.4, -0.2) is 12.0 Å². The van der Waals surface area contributed by atoms with Crippen molar-refractivity contribution in [2.75, 3.05) is 6.26 Å². The molecular weight excluding hydrogens is 276 g/mol. The van der Waals surface area contributed by atoms with E-state index in [0.29, 0.717) is 0 Å². The van der Waals surface area contributed by atoms with Gasteiger partial charge in [-0.1, -0.05) is 36.4 Å². The molecule has 0 fully saturated rings. The van der Waals surface area contributed by atoms with Crippen LogP contribution in [0.25, 0.3) is 10.8 Å². The highest BCUT2D eigenvalue weighted by atomic mass is 32.2. The van der Waals surface area contributed by atoms with E-state index in [2.05, 4.69) is 6.07 Å². The molecule has 1 nitrogen and oxygen atoms in total. The number of hydrogen-bond acceptors (Lipinski definition) is 2. The lowest BCUT2D eigenvalue weighted by molar-refractivity contribution is 0.103. The monoisotopic (exact) mass is 292 g/mol. The van der Waals surface area contributed by atoms with E-state index in [4.69, 9.17) is 0 Å².